The fraction of sp³-hybridized carbons (Fsp3) is 0.143. The Labute approximate surface area is 106 Å². The van der Waals surface area contributed by atoms with Gasteiger partial charge in [-0.1, -0.05) is 48.0 Å². The van der Waals surface area contributed by atoms with Crippen LogP contribution in [0.3, 0.4) is 0 Å². The lowest BCUT2D eigenvalue weighted by atomic mass is 10.1. The second kappa shape index (κ2) is 5.42. The molecule has 0 aliphatic carbocycles. The highest BCUT2D eigenvalue weighted by Crippen LogP contribution is 2.26. The van der Waals surface area contributed by atoms with Gasteiger partial charge in [-0.25, -0.2) is 0 Å². The van der Waals surface area contributed by atoms with E-state index < -0.39 is 0 Å². The first kappa shape index (κ1) is 11.6. The Kier molecular flexibility index (Phi) is 3.92. The minimum Gasteiger partial charge on any atom is -0.128 e. The van der Waals surface area contributed by atoms with E-state index >= 15 is 0 Å². The number of benzene rings is 2. The van der Waals surface area contributed by atoms with E-state index in [0.717, 1.165) is 16.3 Å². The quantitative estimate of drug-likeness (QED) is 0.713. The first-order valence-electron chi connectivity index (χ1n) is 5.16. The predicted octanol–water partition coefficient (Wildman–Crippen LogP) is 4.65. The van der Waals surface area contributed by atoms with Crippen molar-refractivity contribution in [1.82, 2.24) is 0 Å². The van der Waals surface area contributed by atoms with Crippen molar-refractivity contribution in [2.75, 3.05) is 6.26 Å². The number of hydrogen-bond acceptors (Lipinski definition) is 1. The van der Waals surface area contributed by atoms with Crippen LogP contribution in [0.2, 0.25) is 5.02 Å². The molecule has 0 fully saturated rings. The fourth-order valence-electron chi connectivity index (χ4n) is 1.65. The number of hydrogen-bond donors (Lipinski definition) is 0. The molecule has 0 spiro atoms. The third-order valence-corrected chi connectivity index (χ3v) is 3.69. The van der Waals surface area contributed by atoms with Crippen molar-refractivity contribution in [2.24, 2.45) is 0 Å². The average Bonchev–Trinajstić information content (AvgIpc) is 2.31. The van der Waals surface area contributed by atoms with Crippen LogP contribution in [-0.2, 0) is 6.42 Å². The standard InChI is InChI=1S/C14H13ClS/c1-16-14-8-7-12(10-13(14)15)9-11-5-3-2-4-6-11/h2-8,10H,9H2,1H3. The van der Waals surface area contributed by atoms with Gasteiger partial charge in [0.15, 0.2) is 0 Å². The Morgan fingerprint density at radius 2 is 1.75 bits per heavy atom. The van der Waals surface area contributed by atoms with Gasteiger partial charge in [0.25, 0.3) is 0 Å². The van der Waals surface area contributed by atoms with Crippen molar-refractivity contribution in [3.63, 3.8) is 0 Å². The molecule has 2 rings (SSSR count). The zero-order valence-electron chi connectivity index (χ0n) is 9.11. The molecule has 2 heteroatoms. The molecule has 82 valence electrons. The highest BCUT2D eigenvalue weighted by atomic mass is 35.5. The third-order valence-electron chi connectivity index (χ3n) is 2.47. The summed E-state index contributed by atoms with van der Waals surface area (Å²) in [5, 5.41) is 0.848. The Bertz CT molecular complexity index is 465. The first-order valence-corrected chi connectivity index (χ1v) is 6.76. The number of thioether (sulfide) groups is 1. The fourth-order valence-corrected chi connectivity index (χ4v) is 2.54. The van der Waals surface area contributed by atoms with Gasteiger partial charge in [-0.15, -0.1) is 11.8 Å². The lowest BCUT2D eigenvalue weighted by molar-refractivity contribution is 1.18. The maximum absolute atomic E-state index is 6.17. The molecule has 16 heavy (non-hydrogen) atoms. The molecule has 0 nitrogen and oxygen atoms in total. The zero-order valence-corrected chi connectivity index (χ0v) is 10.7. The molecule has 0 amide bonds. The second-order valence-corrected chi connectivity index (χ2v) is 4.89. The largest absolute Gasteiger partial charge is 0.128 e. The monoisotopic (exact) mass is 248 g/mol. The molecule has 0 atom stereocenters. The molecule has 0 aromatic heterocycles. The lowest BCUT2D eigenvalue weighted by Gasteiger charge is -2.05. The van der Waals surface area contributed by atoms with E-state index in [1.54, 1.807) is 11.8 Å². The molecule has 0 heterocycles. The summed E-state index contributed by atoms with van der Waals surface area (Å²) < 4.78 is 0. The average molecular weight is 249 g/mol. The molecule has 2 aromatic carbocycles. The van der Waals surface area contributed by atoms with Crippen LogP contribution < -0.4 is 0 Å². The summed E-state index contributed by atoms with van der Waals surface area (Å²) in [5.74, 6) is 0. The van der Waals surface area contributed by atoms with Crippen LogP contribution in [0.5, 0.6) is 0 Å². The Hall–Kier alpha value is -0.920. The maximum Gasteiger partial charge on any atom is 0.0544 e. The molecule has 0 bridgehead atoms. The van der Waals surface area contributed by atoms with Crippen molar-refractivity contribution in [2.45, 2.75) is 11.3 Å². The smallest absolute Gasteiger partial charge is 0.0544 e. The topological polar surface area (TPSA) is 0 Å². The SMILES string of the molecule is CSc1ccc(Cc2ccccc2)cc1Cl. The van der Waals surface area contributed by atoms with Crippen molar-refractivity contribution < 1.29 is 0 Å². The second-order valence-electron chi connectivity index (χ2n) is 3.63. The van der Waals surface area contributed by atoms with Crippen molar-refractivity contribution in [3.8, 4) is 0 Å². The van der Waals surface area contributed by atoms with Crippen LogP contribution in [0.25, 0.3) is 0 Å². The highest BCUT2D eigenvalue weighted by molar-refractivity contribution is 7.98. The third kappa shape index (κ3) is 2.81. The van der Waals surface area contributed by atoms with Gasteiger partial charge < -0.3 is 0 Å². The normalized spacial score (nSPS) is 10.4. The molecule has 0 saturated carbocycles. The summed E-state index contributed by atoms with van der Waals surface area (Å²) in [6.07, 6.45) is 2.98. The molecular formula is C14H13ClS. The molecule has 0 aliphatic heterocycles. The van der Waals surface area contributed by atoms with Gasteiger partial charge in [-0.05, 0) is 35.9 Å². The predicted molar refractivity (Wildman–Crippen MR) is 72.5 cm³/mol. The van der Waals surface area contributed by atoms with Crippen LogP contribution >= 0.6 is 23.4 Å². The van der Waals surface area contributed by atoms with E-state index in [-0.39, 0.29) is 0 Å². The summed E-state index contributed by atoms with van der Waals surface area (Å²) in [7, 11) is 0. The maximum atomic E-state index is 6.17. The van der Waals surface area contributed by atoms with E-state index in [4.69, 9.17) is 11.6 Å². The molecule has 0 radical (unpaired) electrons. The van der Waals surface area contributed by atoms with E-state index in [1.807, 2.05) is 12.3 Å². The summed E-state index contributed by atoms with van der Waals surface area (Å²) in [6.45, 7) is 0. The summed E-state index contributed by atoms with van der Waals surface area (Å²) in [6, 6.07) is 16.7. The number of rotatable bonds is 3. The molecule has 0 unspecified atom stereocenters. The van der Waals surface area contributed by atoms with Crippen LogP contribution in [0, 0.1) is 0 Å². The Balaban J connectivity index is 2.20. The lowest BCUT2D eigenvalue weighted by Crippen LogP contribution is -1.88. The van der Waals surface area contributed by atoms with E-state index in [2.05, 4.69) is 42.5 Å². The zero-order chi connectivity index (χ0) is 11.4. The van der Waals surface area contributed by atoms with Crippen molar-refractivity contribution in [1.29, 1.82) is 0 Å². The highest BCUT2D eigenvalue weighted by Gasteiger charge is 2.01. The van der Waals surface area contributed by atoms with Crippen molar-refractivity contribution in [3.05, 3.63) is 64.7 Å². The molecular weight excluding hydrogens is 236 g/mol. The van der Waals surface area contributed by atoms with Gasteiger partial charge in [0.2, 0.25) is 0 Å². The van der Waals surface area contributed by atoms with E-state index in [1.165, 1.54) is 11.1 Å². The Morgan fingerprint density at radius 3 is 2.38 bits per heavy atom. The number of halogens is 1. The summed E-state index contributed by atoms with van der Waals surface area (Å²) in [5.41, 5.74) is 2.57. The minimum atomic E-state index is 0.848. The van der Waals surface area contributed by atoms with Gasteiger partial charge in [0.1, 0.15) is 0 Å². The van der Waals surface area contributed by atoms with Gasteiger partial charge in [-0.2, -0.15) is 0 Å². The van der Waals surface area contributed by atoms with E-state index in [0.29, 0.717) is 0 Å². The Morgan fingerprint density at radius 1 is 1.00 bits per heavy atom. The molecule has 0 aliphatic rings. The summed E-state index contributed by atoms with van der Waals surface area (Å²) >= 11 is 7.85. The van der Waals surface area contributed by atoms with Gasteiger partial charge in [0.05, 0.1) is 5.02 Å². The minimum absolute atomic E-state index is 0.848. The molecule has 2 aromatic rings. The van der Waals surface area contributed by atoms with Gasteiger partial charge >= 0.3 is 0 Å². The molecule has 0 saturated heterocycles. The van der Waals surface area contributed by atoms with Gasteiger partial charge in [-0.3, -0.25) is 0 Å². The van der Waals surface area contributed by atoms with Crippen LogP contribution in [0.15, 0.2) is 53.4 Å². The van der Waals surface area contributed by atoms with Crippen LogP contribution in [0.4, 0.5) is 0 Å². The first-order chi connectivity index (χ1) is 7.79. The van der Waals surface area contributed by atoms with Gasteiger partial charge in [0, 0.05) is 4.90 Å². The van der Waals surface area contributed by atoms with Crippen LogP contribution in [-0.4, -0.2) is 6.26 Å². The summed E-state index contributed by atoms with van der Waals surface area (Å²) in [4.78, 5) is 1.14. The van der Waals surface area contributed by atoms with Crippen LogP contribution in [0.1, 0.15) is 11.1 Å². The van der Waals surface area contributed by atoms with E-state index in [9.17, 15) is 0 Å². The molecule has 0 N–H and O–H groups in total. The van der Waals surface area contributed by atoms with Crippen molar-refractivity contribution >= 4 is 23.4 Å².